The zero-order chi connectivity index (χ0) is 13.9. The number of thiophene rings is 1. The summed E-state index contributed by atoms with van der Waals surface area (Å²) in [6.07, 6.45) is 0.677. The molecule has 0 unspecified atom stereocenters. The summed E-state index contributed by atoms with van der Waals surface area (Å²) in [6.45, 7) is 1.93. The first-order valence-electron chi connectivity index (χ1n) is 6.12. The van der Waals surface area contributed by atoms with Crippen LogP contribution in [0.1, 0.15) is 21.8 Å². The Morgan fingerprint density at radius 1 is 1.35 bits per heavy atom. The van der Waals surface area contributed by atoms with Crippen LogP contribution < -0.4 is 0 Å². The molecule has 1 aromatic carbocycles. The highest BCUT2D eigenvalue weighted by Crippen LogP contribution is 2.23. The number of benzene rings is 1. The molecule has 0 aliphatic rings. The number of aryl methyl sites for hydroxylation is 1. The van der Waals surface area contributed by atoms with Crippen LogP contribution in [-0.2, 0) is 6.42 Å². The van der Waals surface area contributed by atoms with E-state index in [0.29, 0.717) is 23.7 Å². The third-order valence-electron chi connectivity index (χ3n) is 2.97. The minimum Gasteiger partial charge on any atom is -0.334 e. The number of hydrogen-bond donors (Lipinski definition) is 0. The van der Waals surface area contributed by atoms with E-state index in [1.165, 1.54) is 4.88 Å². The van der Waals surface area contributed by atoms with Gasteiger partial charge in [0.2, 0.25) is 0 Å². The Hall–Kier alpha value is -2.45. The third kappa shape index (κ3) is 2.46. The molecule has 5 heteroatoms. The fraction of sp³-hybridized carbons (Fsp3) is 0.133. The maximum atomic E-state index is 8.87. The van der Waals surface area contributed by atoms with Crippen molar-refractivity contribution in [1.82, 2.24) is 10.1 Å². The summed E-state index contributed by atoms with van der Waals surface area (Å²) < 4.78 is 5.31. The van der Waals surface area contributed by atoms with Crippen LogP contribution >= 0.6 is 11.3 Å². The molecule has 98 valence electrons. The van der Waals surface area contributed by atoms with Gasteiger partial charge in [-0.1, -0.05) is 11.2 Å². The van der Waals surface area contributed by atoms with Gasteiger partial charge in [0, 0.05) is 16.9 Å². The van der Waals surface area contributed by atoms with E-state index in [2.05, 4.69) is 16.2 Å². The number of rotatable bonds is 3. The Bertz CT molecular complexity index is 769. The van der Waals surface area contributed by atoms with E-state index >= 15 is 0 Å². The molecule has 20 heavy (non-hydrogen) atoms. The fourth-order valence-electron chi connectivity index (χ4n) is 1.98. The molecule has 3 rings (SSSR count). The first-order chi connectivity index (χ1) is 9.76. The van der Waals surface area contributed by atoms with Crippen molar-refractivity contribution in [3.8, 4) is 17.5 Å². The lowest BCUT2D eigenvalue weighted by Crippen LogP contribution is -1.89. The Labute approximate surface area is 120 Å². The van der Waals surface area contributed by atoms with E-state index in [0.717, 1.165) is 11.1 Å². The summed E-state index contributed by atoms with van der Waals surface area (Å²) >= 11 is 1.67. The Morgan fingerprint density at radius 3 is 2.95 bits per heavy atom. The molecule has 4 nitrogen and oxygen atoms in total. The minimum absolute atomic E-state index is 0.499. The Morgan fingerprint density at radius 2 is 2.25 bits per heavy atom. The maximum Gasteiger partial charge on any atom is 0.258 e. The molecular formula is C15H11N3OS. The highest BCUT2D eigenvalue weighted by Gasteiger charge is 2.12. The van der Waals surface area contributed by atoms with Crippen molar-refractivity contribution in [2.24, 2.45) is 0 Å². The van der Waals surface area contributed by atoms with Gasteiger partial charge in [-0.15, -0.1) is 11.3 Å². The van der Waals surface area contributed by atoms with Crippen LogP contribution in [-0.4, -0.2) is 10.1 Å². The van der Waals surface area contributed by atoms with Gasteiger partial charge in [0.1, 0.15) is 0 Å². The second kappa shape index (κ2) is 5.27. The monoisotopic (exact) mass is 281 g/mol. The van der Waals surface area contributed by atoms with E-state index in [4.69, 9.17) is 9.78 Å². The summed E-state index contributed by atoms with van der Waals surface area (Å²) in [5.74, 6) is 1.17. The standard InChI is InChI=1S/C15H11N3OS/c1-10-7-11(9-16)4-5-13(10)15-17-14(18-19-15)8-12-3-2-6-20-12/h2-7H,8H2,1H3. The smallest absolute Gasteiger partial charge is 0.258 e. The summed E-state index contributed by atoms with van der Waals surface area (Å²) in [5.41, 5.74) is 2.45. The molecule has 0 N–H and O–H groups in total. The minimum atomic E-state index is 0.499. The van der Waals surface area contributed by atoms with Crippen molar-refractivity contribution in [1.29, 1.82) is 5.26 Å². The predicted molar refractivity (Wildman–Crippen MR) is 76.3 cm³/mol. The van der Waals surface area contributed by atoms with Gasteiger partial charge in [-0.3, -0.25) is 0 Å². The average Bonchev–Trinajstić information content (AvgIpc) is 3.11. The number of nitrogens with zero attached hydrogens (tertiary/aromatic N) is 3. The topological polar surface area (TPSA) is 62.7 Å². The third-order valence-corrected chi connectivity index (χ3v) is 3.84. The first-order valence-corrected chi connectivity index (χ1v) is 7.00. The summed E-state index contributed by atoms with van der Waals surface area (Å²) in [6, 6.07) is 11.6. The first kappa shape index (κ1) is 12.6. The molecule has 0 aliphatic heterocycles. The van der Waals surface area contributed by atoms with Crippen LogP contribution in [0.25, 0.3) is 11.5 Å². The molecule has 0 amide bonds. The molecule has 0 saturated carbocycles. The van der Waals surface area contributed by atoms with Crippen LogP contribution in [0.3, 0.4) is 0 Å². The predicted octanol–water partition coefficient (Wildman–Crippen LogP) is 3.57. The molecule has 2 aromatic heterocycles. The number of hydrogen-bond acceptors (Lipinski definition) is 5. The number of aromatic nitrogens is 2. The molecule has 0 spiro atoms. The summed E-state index contributed by atoms with van der Waals surface area (Å²) in [7, 11) is 0. The van der Waals surface area contributed by atoms with Crippen LogP contribution in [0.4, 0.5) is 0 Å². The largest absolute Gasteiger partial charge is 0.334 e. The quantitative estimate of drug-likeness (QED) is 0.736. The highest BCUT2D eigenvalue weighted by atomic mass is 32.1. The molecule has 0 saturated heterocycles. The maximum absolute atomic E-state index is 8.87. The van der Waals surface area contributed by atoms with Crippen LogP contribution in [0, 0.1) is 18.3 Å². The van der Waals surface area contributed by atoms with Crippen LogP contribution in [0.15, 0.2) is 40.2 Å². The lowest BCUT2D eigenvalue weighted by molar-refractivity contribution is 0.424. The molecule has 0 fully saturated rings. The van der Waals surface area contributed by atoms with Crippen molar-refractivity contribution in [2.75, 3.05) is 0 Å². The van der Waals surface area contributed by atoms with Gasteiger partial charge in [-0.25, -0.2) is 0 Å². The molecule has 2 heterocycles. The van der Waals surface area contributed by atoms with Crippen molar-refractivity contribution in [2.45, 2.75) is 13.3 Å². The van der Waals surface area contributed by atoms with E-state index in [9.17, 15) is 0 Å². The molecule has 0 atom stereocenters. The normalized spacial score (nSPS) is 10.4. The van der Waals surface area contributed by atoms with Gasteiger partial charge < -0.3 is 4.52 Å². The summed E-state index contributed by atoms with van der Waals surface area (Å²) in [5, 5.41) is 14.9. The van der Waals surface area contributed by atoms with Crippen molar-refractivity contribution < 1.29 is 4.52 Å². The zero-order valence-electron chi connectivity index (χ0n) is 10.8. The average molecular weight is 281 g/mol. The van der Waals surface area contributed by atoms with E-state index in [1.54, 1.807) is 17.4 Å². The van der Waals surface area contributed by atoms with E-state index in [1.807, 2.05) is 36.6 Å². The van der Waals surface area contributed by atoms with E-state index < -0.39 is 0 Å². The molecule has 0 bridgehead atoms. The molecule has 0 aliphatic carbocycles. The molecular weight excluding hydrogens is 270 g/mol. The van der Waals surface area contributed by atoms with Gasteiger partial charge in [-0.05, 0) is 42.1 Å². The number of nitriles is 1. The van der Waals surface area contributed by atoms with Gasteiger partial charge in [-0.2, -0.15) is 10.2 Å². The fourth-order valence-corrected chi connectivity index (χ4v) is 2.68. The van der Waals surface area contributed by atoms with Gasteiger partial charge in [0.05, 0.1) is 11.6 Å². The second-order valence-electron chi connectivity index (χ2n) is 4.41. The lowest BCUT2D eigenvalue weighted by atomic mass is 10.1. The van der Waals surface area contributed by atoms with Crippen LogP contribution in [0.5, 0.6) is 0 Å². The lowest BCUT2D eigenvalue weighted by Gasteiger charge is -1.99. The van der Waals surface area contributed by atoms with Gasteiger partial charge in [0.15, 0.2) is 5.82 Å². The molecule has 0 radical (unpaired) electrons. The van der Waals surface area contributed by atoms with Crippen molar-refractivity contribution in [3.63, 3.8) is 0 Å². The Balaban J connectivity index is 1.88. The van der Waals surface area contributed by atoms with Gasteiger partial charge in [0.25, 0.3) is 5.89 Å². The van der Waals surface area contributed by atoms with Crippen molar-refractivity contribution >= 4 is 11.3 Å². The second-order valence-corrected chi connectivity index (χ2v) is 5.45. The molecule has 3 aromatic rings. The zero-order valence-corrected chi connectivity index (χ0v) is 11.6. The van der Waals surface area contributed by atoms with Crippen molar-refractivity contribution in [3.05, 3.63) is 57.5 Å². The van der Waals surface area contributed by atoms with E-state index in [-0.39, 0.29) is 0 Å². The van der Waals surface area contributed by atoms with Crippen LogP contribution in [0.2, 0.25) is 0 Å². The SMILES string of the molecule is Cc1cc(C#N)ccc1-c1nc(Cc2cccs2)no1. The Kier molecular flexibility index (Phi) is 3.32. The summed E-state index contributed by atoms with van der Waals surface area (Å²) in [4.78, 5) is 5.62. The highest BCUT2D eigenvalue weighted by molar-refractivity contribution is 7.09. The van der Waals surface area contributed by atoms with Gasteiger partial charge >= 0.3 is 0 Å².